The number of hydrogen-bond acceptors (Lipinski definition) is 1. The maximum absolute atomic E-state index is 7.01. The lowest BCUT2D eigenvalue weighted by Gasteiger charge is -2.10. The van der Waals surface area contributed by atoms with Crippen molar-refractivity contribution in [2.45, 2.75) is 0 Å². The molecule has 0 bridgehead atoms. The number of halogens is 1. The van der Waals surface area contributed by atoms with Gasteiger partial charge in [0.25, 0.3) is 0 Å². The van der Waals surface area contributed by atoms with Crippen molar-refractivity contribution in [3.05, 3.63) is 0 Å². The zero-order chi connectivity index (χ0) is 7.44. The van der Waals surface area contributed by atoms with Crippen LogP contribution in [0.25, 0.3) is 0 Å². The summed E-state index contributed by atoms with van der Waals surface area (Å²) >= 11 is 1.75. The SMILES string of the molecule is [3H]N(I)B([B][B])B([B])[B]. The Hall–Kier alpha value is 1.08. The predicted molar refractivity (Wildman–Crippen MR) is 51.7 cm³/mol. The van der Waals surface area contributed by atoms with E-state index in [4.69, 9.17) is 24.6 Å². The zero-order valence-electron chi connectivity index (χ0n) is 5.29. The van der Waals surface area contributed by atoms with Gasteiger partial charge in [0.05, 0.1) is 0 Å². The van der Waals surface area contributed by atoms with Crippen LogP contribution in [0.3, 0.4) is 0 Å². The lowest BCUT2D eigenvalue weighted by atomic mass is 8.86. The van der Waals surface area contributed by atoms with Crippen LogP contribution in [0.15, 0.2) is 0 Å². The maximum atomic E-state index is 7.01. The van der Waals surface area contributed by atoms with Gasteiger partial charge in [0.1, 0.15) is 8.04 Å². The first-order valence-electron chi connectivity index (χ1n) is 2.54. The van der Waals surface area contributed by atoms with E-state index in [1.165, 1.54) is 7.06 Å². The standard InChI is InChI=1S/B6HIN/c1-4-6(8-7)5(2)3/h8H/i/hT. The average molecular weight is 209 g/mol. The van der Waals surface area contributed by atoms with Crippen LogP contribution in [0.4, 0.5) is 0 Å². The van der Waals surface area contributed by atoms with Crippen LogP contribution in [0.5, 0.6) is 0 Å². The minimum atomic E-state index is -0.593. The Kier molecular flexibility index (Phi) is 4.41. The second kappa shape index (κ2) is 4.91. The van der Waals surface area contributed by atoms with E-state index in [0.29, 0.717) is 0 Å². The van der Waals surface area contributed by atoms with Crippen LogP contribution in [0.1, 0.15) is 0 Å². The monoisotopic (exact) mass is 210 g/mol. The second-order valence-electron chi connectivity index (χ2n) is 1.36. The van der Waals surface area contributed by atoms with Crippen LogP contribution in [-0.2, 0) is 0 Å². The molecule has 1 N–H and O–H groups in total. The molecule has 0 aliphatic carbocycles. The predicted octanol–water partition coefficient (Wildman–Crippen LogP) is -1.89. The van der Waals surface area contributed by atoms with Crippen LogP contribution in [-0.4, -0.2) is 43.3 Å². The fourth-order valence-corrected chi connectivity index (χ4v) is 0.783. The molecule has 0 rings (SSSR count). The van der Waals surface area contributed by atoms with Crippen molar-refractivity contribution >= 4 is 66.2 Å². The Morgan fingerprint density at radius 2 is 2.25 bits per heavy atom. The molecule has 8 heavy (non-hydrogen) atoms. The van der Waals surface area contributed by atoms with E-state index in [-0.39, 0.29) is 6.63 Å². The van der Waals surface area contributed by atoms with Crippen LogP contribution in [0.2, 0.25) is 1.41 Å². The van der Waals surface area contributed by atoms with Gasteiger partial charge < -0.3 is 3.43 Å². The minimum Gasteiger partial charge on any atom is -0.319 e. The van der Waals surface area contributed by atoms with E-state index in [0.717, 1.165) is 3.43 Å². The van der Waals surface area contributed by atoms with E-state index in [1.54, 1.807) is 22.9 Å². The van der Waals surface area contributed by atoms with Gasteiger partial charge in [-0.3, -0.25) is 0 Å². The molecule has 1 nitrogen and oxygen atoms in total. The van der Waals surface area contributed by atoms with Gasteiger partial charge in [0.2, 0.25) is 0 Å². The van der Waals surface area contributed by atoms with E-state index < -0.39 is 6.39 Å². The molecule has 0 heterocycles. The van der Waals surface area contributed by atoms with E-state index in [2.05, 4.69) is 0 Å². The fraction of sp³-hybridized carbons (Fsp3) is 0. The normalized spacial score (nSPS) is 10.5. The Balaban J connectivity index is 3.68. The van der Waals surface area contributed by atoms with Crippen LogP contribution >= 0.6 is 22.9 Å². The average Bonchev–Trinajstić information content (AvgIpc) is 1.64. The minimum absolute atomic E-state index is 0.384. The van der Waals surface area contributed by atoms with Crippen molar-refractivity contribution in [1.29, 1.82) is 0 Å². The second-order valence-corrected chi connectivity index (χ2v) is 1.92. The molecular formula is HB6IN. The topological polar surface area (TPSA) is 12.0 Å². The van der Waals surface area contributed by atoms with Gasteiger partial charge >= 0.3 is 0 Å². The summed E-state index contributed by atoms with van der Waals surface area (Å²) in [7, 11) is 16.9. The van der Waals surface area contributed by atoms with Crippen molar-refractivity contribution < 1.29 is 1.41 Å². The number of hydrogen-bond donors (Lipinski definition) is 1. The first-order valence-corrected chi connectivity index (χ1v) is 3.06. The molecule has 0 fully saturated rings. The first-order chi connectivity index (χ1) is 4.09. The maximum Gasteiger partial charge on any atom is 0.129 e. The molecule has 0 unspecified atom stereocenters. The summed E-state index contributed by atoms with van der Waals surface area (Å²) in [5.74, 6) is 0. The van der Waals surface area contributed by atoms with E-state index in [9.17, 15) is 0 Å². The quantitative estimate of drug-likeness (QED) is 0.325. The summed E-state index contributed by atoms with van der Waals surface area (Å²) in [6, 6.07) is 0. The molecule has 0 aliphatic rings. The summed E-state index contributed by atoms with van der Waals surface area (Å²) < 4.78 is 8.10. The van der Waals surface area contributed by atoms with E-state index >= 15 is 0 Å². The Bertz CT molecular complexity index is 67.5. The summed E-state index contributed by atoms with van der Waals surface area (Å²) in [4.78, 5) is 0. The smallest absolute Gasteiger partial charge is 0.129 e. The molecule has 0 aromatic rings. The Labute approximate surface area is 71.0 Å². The summed E-state index contributed by atoms with van der Waals surface area (Å²) in [5.41, 5.74) is 0. The highest BCUT2D eigenvalue weighted by Crippen LogP contribution is 1.77. The Morgan fingerprint density at radius 3 is 2.25 bits per heavy atom. The molecule has 0 saturated carbocycles. The molecule has 8 heteroatoms. The first kappa shape index (κ1) is 7.19. The van der Waals surface area contributed by atoms with Crippen LogP contribution in [0, 0.1) is 0 Å². The lowest BCUT2D eigenvalue weighted by Crippen LogP contribution is -2.50. The zero-order valence-corrected chi connectivity index (χ0v) is 6.45. The molecule has 0 aromatic heterocycles. The third-order valence-electron chi connectivity index (χ3n) is 0.704. The van der Waals surface area contributed by atoms with Crippen molar-refractivity contribution in [3.8, 4) is 0 Å². The summed E-state index contributed by atoms with van der Waals surface area (Å²) in [6.45, 7) is -0.384. The van der Waals surface area contributed by atoms with Crippen molar-refractivity contribution in [3.63, 3.8) is 0 Å². The van der Waals surface area contributed by atoms with Gasteiger partial charge in [-0.25, -0.2) is 0 Å². The van der Waals surface area contributed by atoms with Gasteiger partial charge in [0, 0.05) is 59.5 Å². The number of nitrogens with one attached hydrogen (secondary N) is 1. The molecule has 7 radical (unpaired) electrons. The highest BCUT2D eigenvalue weighted by Gasteiger charge is 2.13. The molecule has 0 atom stereocenters. The van der Waals surface area contributed by atoms with Crippen molar-refractivity contribution in [1.82, 2.24) is 3.43 Å². The molecule has 0 aliphatic heterocycles. The largest absolute Gasteiger partial charge is 0.319 e. The van der Waals surface area contributed by atoms with Crippen LogP contribution < -0.4 is 3.43 Å². The third-order valence-corrected chi connectivity index (χ3v) is 1.35. The van der Waals surface area contributed by atoms with Gasteiger partial charge in [0.15, 0.2) is 0 Å². The third kappa shape index (κ3) is 3.17. The van der Waals surface area contributed by atoms with E-state index in [1.807, 2.05) is 0 Å². The van der Waals surface area contributed by atoms with Gasteiger partial charge in [-0.15, -0.1) is 0 Å². The van der Waals surface area contributed by atoms with Gasteiger partial charge in [-0.2, -0.15) is 0 Å². The van der Waals surface area contributed by atoms with Crippen molar-refractivity contribution in [2.75, 3.05) is 0 Å². The lowest BCUT2D eigenvalue weighted by molar-refractivity contribution is 1.80. The summed E-state index contributed by atoms with van der Waals surface area (Å²) in [5, 5.41) is 0. The molecule has 0 saturated heterocycles. The highest BCUT2D eigenvalue weighted by molar-refractivity contribution is 14.1. The fourth-order valence-electron chi connectivity index (χ4n) is 0.226. The van der Waals surface area contributed by atoms with Crippen molar-refractivity contribution in [2.24, 2.45) is 0 Å². The highest BCUT2D eigenvalue weighted by atomic mass is 127. The molecule has 0 amide bonds. The Morgan fingerprint density at radius 1 is 1.75 bits per heavy atom. The number of rotatable bonds is 3. The molecule has 0 aromatic carbocycles. The molecule has 31 valence electrons. The molecule has 0 spiro atoms. The summed E-state index contributed by atoms with van der Waals surface area (Å²) in [6.07, 6.45) is -0.593. The van der Waals surface area contributed by atoms with Gasteiger partial charge in [-0.05, 0) is 0 Å². The molecular weight excluding hydrogens is 206 g/mol. The van der Waals surface area contributed by atoms with Gasteiger partial charge in [-0.1, -0.05) is 0 Å².